The van der Waals surface area contributed by atoms with E-state index < -0.39 is 0 Å². The second-order valence-electron chi connectivity index (χ2n) is 8.24. The summed E-state index contributed by atoms with van der Waals surface area (Å²) in [4.78, 5) is 13.4. The summed E-state index contributed by atoms with van der Waals surface area (Å²) < 4.78 is 3.14. The number of benzene rings is 3. The summed E-state index contributed by atoms with van der Waals surface area (Å²) in [5, 5.41) is 19.4. The van der Waals surface area contributed by atoms with Crippen LogP contribution in [0.15, 0.2) is 77.6 Å². The van der Waals surface area contributed by atoms with Gasteiger partial charge in [0.2, 0.25) is 0 Å². The molecule has 2 heterocycles. The van der Waals surface area contributed by atoms with E-state index in [0.717, 1.165) is 47.3 Å². The van der Waals surface area contributed by atoms with E-state index in [1.807, 2.05) is 60.7 Å². The Morgan fingerprint density at radius 1 is 0.943 bits per heavy atom. The number of rotatable bonds is 8. The van der Waals surface area contributed by atoms with Crippen LogP contribution in [0.3, 0.4) is 0 Å². The molecule has 0 atom stereocenters. The van der Waals surface area contributed by atoms with Gasteiger partial charge in [0, 0.05) is 12.0 Å². The van der Waals surface area contributed by atoms with Crippen LogP contribution in [0.25, 0.3) is 28.2 Å². The first-order valence-electron chi connectivity index (χ1n) is 11.5. The number of aryl methyl sites for hydroxylation is 1. The summed E-state index contributed by atoms with van der Waals surface area (Å²) >= 11 is 6.36. The van der Waals surface area contributed by atoms with Gasteiger partial charge < -0.3 is 0 Å². The predicted octanol–water partition coefficient (Wildman–Crippen LogP) is 4.93. The van der Waals surface area contributed by atoms with Gasteiger partial charge in [-0.25, -0.2) is 9.89 Å². The number of halogens is 1. The molecule has 0 saturated heterocycles. The van der Waals surface area contributed by atoms with Crippen molar-refractivity contribution in [3.05, 3.63) is 99.7 Å². The number of unbranched alkanes of at least 4 members (excludes halogenated alkanes) is 1. The molecule has 0 unspecified atom stereocenters. The van der Waals surface area contributed by atoms with E-state index in [-0.39, 0.29) is 5.69 Å². The molecule has 0 aliphatic carbocycles. The molecule has 0 aliphatic rings. The van der Waals surface area contributed by atoms with E-state index >= 15 is 0 Å². The lowest BCUT2D eigenvalue weighted by Gasteiger charge is -2.09. The van der Waals surface area contributed by atoms with E-state index in [1.54, 1.807) is 16.7 Å². The van der Waals surface area contributed by atoms with Gasteiger partial charge in [0.05, 0.1) is 17.3 Å². The Labute approximate surface area is 207 Å². The number of H-pyrrole nitrogens is 1. The highest BCUT2D eigenvalue weighted by Gasteiger charge is 2.17. The SMILES string of the molecule is CCCCc1nn(-c2ccccc2Cl)c(=O)n1Cc1ccc(-c2ccccc2-c2nnn[nH]2)cc1. The van der Waals surface area contributed by atoms with Crippen LogP contribution in [0.2, 0.25) is 5.02 Å². The molecule has 5 rings (SSSR count). The van der Waals surface area contributed by atoms with E-state index in [1.165, 1.54) is 4.68 Å². The molecule has 0 saturated carbocycles. The fraction of sp³-hybridized carbons (Fsp3) is 0.192. The Morgan fingerprint density at radius 2 is 1.69 bits per heavy atom. The van der Waals surface area contributed by atoms with Crippen molar-refractivity contribution in [2.75, 3.05) is 0 Å². The van der Waals surface area contributed by atoms with Crippen molar-refractivity contribution in [2.24, 2.45) is 0 Å². The highest BCUT2D eigenvalue weighted by Crippen LogP contribution is 2.29. The highest BCUT2D eigenvalue weighted by molar-refractivity contribution is 6.32. The molecule has 8 nitrogen and oxygen atoms in total. The van der Waals surface area contributed by atoms with Crippen molar-refractivity contribution < 1.29 is 0 Å². The fourth-order valence-electron chi connectivity index (χ4n) is 4.08. The maximum Gasteiger partial charge on any atom is 0.351 e. The molecule has 5 aromatic rings. The van der Waals surface area contributed by atoms with E-state index in [9.17, 15) is 4.79 Å². The largest absolute Gasteiger partial charge is 0.351 e. The van der Waals surface area contributed by atoms with Crippen LogP contribution in [0, 0.1) is 0 Å². The van der Waals surface area contributed by atoms with Crippen LogP contribution < -0.4 is 5.69 Å². The van der Waals surface area contributed by atoms with Gasteiger partial charge in [-0.15, -0.1) is 10.2 Å². The zero-order chi connectivity index (χ0) is 24.2. The van der Waals surface area contributed by atoms with Crippen LogP contribution in [-0.2, 0) is 13.0 Å². The minimum absolute atomic E-state index is 0.198. The van der Waals surface area contributed by atoms with Crippen molar-refractivity contribution in [3.63, 3.8) is 0 Å². The number of hydrogen-bond acceptors (Lipinski definition) is 5. The van der Waals surface area contributed by atoms with Gasteiger partial charge >= 0.3 is 5.69 Å². The third-order valence-corrected chi connectivity index (χ3v) is 6.23. The molecular weight excluding hydrogens is 462 g/mol. The Kier molecular flexibility index (Phi) is 6.54. The number of nitrogens with zero attached hydrogens (tertiary/aromatic N) is 6. The summed E-state index contributed by atoms with van der Waals surface area (Å²) in [7, 11) is 0. The van der Waals surface area contributed by atoms with Gasteiger partial charge in [-0.3, -0.25) is 4.57 Å². The normalized spacial score (nSPS) is 11.1. The van der Waals surface area contributed by atoms with Crippen LogP contribution in [0.1, 0.15) is 31.2 Å². The van der Waals surface area contributed by atoms with Gasteiger partial charge in [-0.1, -0.05) is 85.6 Å². The highest BCUT2D eigenvalue weighted by atomic mass is 35.5. The maximum absolute atomic E-state index is 13.4. The first kappa shape index (κ1) is 22.7. The molecule has 3 aromatic carbocycles. The lowest BCUT2D eigenvalue weighted by atomic mass is 9.98. The topological polar surface area (TPSA) is 94.3 Å². The Hall–Kier alpha value is -4.04. The molecule has 1 N–H and O–H groups in total. The molecule has 0 fully saturated rings. The number of tetrazole rings is 1. The van der Waals surface area contributed by atoms with Crippen LogP contribution >= 0.6 is 11.6 Å². The standard InChI is InChI=1S/C26H24ClN7O/c1-2-3-12-24-30-34(23-11-7-6-10-22(23)27)26(35)33(24)17-18-13-15-19(16-14-18)20-8-4-5-9-21(20)25-28-31-32-29-25/h4-11,13-16H,2-3,12,17H2,1H3,(H,28,29,31,32). The van der Waals surface area contributed by atoms with E-state index in [4.69, 9.17) is 11.6 Å². The minimum atomic E-state index is -0.198. The van der Waals surface area contributed by atoms with Gasteiger partial charge in [0.25, 0.3) is 0 Å². The fourth-order valence-corrected chi connectivity index (χ4v) is 4.30. The third-order valence-electron chi connectivity index (χ3n) is 5.91. The van der Waals surface area contributed by atoms with Crippen molar-refractivity contribution in [2.45, 2.75) is 32.7 Å². The first-order valence-corrected chi connectivity index (χ1v) is 11.9. The van der Waals surface area contributed by atoms with Crippen molar-refractivity contribution in [1.82, 2.24) is 35.0 Å². The molecule has 0 aliphatic heterocycles. The lowest BCUT2D eigenvalue weighted by molar-refractivity contribution is 0.666. The molecule has 176 valence electrons. The monoisotopic (exact) mass is 485 g/mol. The van der Waals surface area contributed by atoms with Crippen molar-refractivity contribution >= 4 is 11.6 Å². The Morgan fingerprint density at radius 3 is 2.40 bits per heavy atom. The summed E-state index contributed by atoms with van der Waals surface area (Å²) in [6.45, 7) is 2.55. The predicted molar refractivity (Wildman–Crippen MR) is 136 cm³/mol. The van der Waals surface area contributed by atoms with Gasteiger partial charge in [0.15, 0.2) is 5.82 Å². The molecule has 35 heavy (non-hydrogen) atoms. The van der Waals surface area contributed by atoms with Gasteiger partial charge in [-0.2, -0.15) is 4.68 Å². The number of hydrogen-bond donors (Lipinski definition) is 1. The summed E-state index contributed by atoms with van der Waals surface area (Å²) in [6.07, 6.45) is 2.69. The van der Waals surface area contributed by atoms with Gasteiger partial charge in [0.1, 0.15) is 5.82 Å². The molecule has 0 spiro atoms. The van der Waals surface area contributed by atoms with Crippen LogP contribution in [0.4, 0.5) is 0 Å². The number of aromatic nitrogens is 7. The first-order chi connectivity index (χ1) is 17.2. The molecule has 0 radical (unpaired) electrons. The Bertz CT molecular complexity index is 1490. The average Bonchev–Trinajstić information content (AvgIpc) is 3.53. The quantitative estimate of drug-likeness (QED) is 0.336. The summed E-state index contributed by atoms with van der Waals surface area (Å²) in [5.41, 5.74) is 4.37. The second-order valence-corrected chi connectivity index (χ2v) is 8.65. The minimum Gasteiger partial charge on any atom is -0.274 e. The number of aromatic amines is 1. The molecular formula is C26H24ClN7O. The molecule has 9 heteroatoms. The van der Waals surface area contributed by atoms with Crippen molar-refractivity contribution in [1.29, 1.82) is 0 Å². The molecule has 2 aromatic heterocycles. The zero-order valence-electron chi connectivity index (χ0n) is 19.2. The van der Waals surface area contributed by atoms with Crippen molar-refractivity contribution in [3.8, 4) is 28.2 Å². The maximum atomic E-state index is 13.4. The smallest absolute Gasteiger partial charge is 0.274 e. The average molecular weight is 486 g/mol. The number of para-hydroxylation sites is 1. The van der Waals surface area contributed by atoms with Gasteiger partial charge in [-0.05, 0) is 45.7 Å². The van der Waals surface area contributed by atoms with Crippen LogP contribution in [0.5, 0.6) is 0 Å². The summed E-state index contributed by atoms with van der Waals surface area (Å²) in [6, 6.07) is 23.4. The number of nitrogens with one attached hydrogen (secondary N) is 1. The molecule has 0 amide bonds. The third kappa shape index (κ3) is 4.65. The second kappa shape index (κ2) is 10.1. The summed E-state index contributed by atoms with van der Waals surface area (Å²) in [5.74, 6) is 1.37. The lowest BCUT2D eigenvalue weighted by Crippen LogP contribution is -2.25. The van der Waals surface area contributed by atoms with E-state index in [0.29, 0.717) is 23.1 Å². The van der Waals surface area contributed by atoms with Crippen LogP contribution in [-0.4, -0.2) is 35.0 Å². The van der Waals surface area contributed by atoms with E-state index in [2.05, 4.69) is 32.6 Å². The zero-order valence-corrected chi connectivity index (χ0v) is 20.0. The Balaban J connectivity index is 1.47. The molecule has 0 bridgehead atoms.